The average molecular weight is 343 g/mol. The number of nitrogens with two attached hydrogens (primary N) is 1. The SMILES string of the molecule is Nc1c(Br)cc(OCCCCl)cc1Br. The highest BCUT2D eigenvalue weighted by Crippen LogP contribution is 2.32. The number of anilines is 1. The van der Waals surface area contributed by atoms with Crippen molar-refractivity contribution in [1.82, 2.24) is 0 Å². The van der Waals surface area contributed by atoms with Crippen LogP contribution in [0.15, 0.2) is 21.1 Å². The van der Waals surface area contributed by atoms with Crippen molar-refractivity contribution >= 4 is 49.1 Å². The molecular formula is C9H10Br2ClNO. The largest absolute Gasteiger partial charge is 0.493 e. The Kier molecular flexibility index (Phi) is 5.06. The molecule has 0 unspecified atom stereocenters. The maximum Gasteiger partial charge on any atom is 0.121 e. The standard InChI is InChI=1S/C9H10Br2ClNO/c10-7-4-6(14-3-1-2-12)5-8(11)9(7)13/h4-5H,1-3,13H2. The zero-order valence-corrected chi connectivity index (χ0v) is 11.3. The van der Waals surface area contributed by atoms with Gasteiger partial charge in [-0.05, 0) is 50.4 Å². The maximum absolute atomic E-state index is 5.74. The van der Waals surface area contributed by atoms with Crippen molar-refractivity contribution in [3.8, 4) is 5.75 Å². The second kappa shape index (κ2) is 5.83. The van der Waals surface area contributed by atoms with Gasteiger partial charge in [-0.15, -0.1) is 11.6 Å². The Bertz CT molecular complexity index is 297. The van der Waals surface area contributed by atoms with Gasteiger partial charge in [0.25, 0.3) is 0 Å². The fraction of sp³-hybridized carbons (Fsp3) is 0.333. The Hall–Kier alpha value is 0.0700. The lowest BCUT2D eigenvalue weighted by atomic mass is 10.3. The van der Waals surface area contributed by atoms with E-state index in [2.05, 4.69) is 31.9 Å². The Morgan fingerprint density at radius 2 is 1.86 bits per heavy atom. The summed E-state index contributed by atoms with van der Waals surface area (Å²) in [4.78, 5) is 0. The summed E-state index contributed by atoms with van der Waals surface area (Å²) in [6, 6.07) is 3.68. The Labute approximate surface area is 105 Å². The van der Waals surface area contributed by atoms with Crippen LogP contribution in [0, 0.1) is 0 Å². The fourth-order valence-corrected chi connectivity index (χ4v) is 2.14. The molecule has 0 atom stereocenters. The maximum atomic E-state index is 5.74. The van der Waals surface area contributed by atoms with Crippen LogP contribution in [-0.2, 0) is 0 Å². The highest BCUT2D eigenvalue weighted by Gasteiger charge is 2.04. The van der Waals surface area contributed by atoms with E-state index in [1.54, 1.807) is 0 Å². The van der Waals surface area contributed by atoms with Crippen LogP contribution < -0.4 is 10.5 Å². The molecule has 2 nitrogen and oxygen atoms in total. The van der Waals surface area contributed by atoms with E-state index in [0.29, 0.717) is 18.2 Å². The van der Waals surface area contributed by atoms with E-state index >= 15 is 0 Å². The number of nitrogen functional groups attached to an aromatic ring is 1. The topological polar surface area (TPSA) is 35.2 Å². The molecule has 0 spiro atoms. The summed E-state index contributed by atoms with van der Waals surface area (Å²) >= 11 is 12.2. The molecule has 14 heavy (non-hydrogen) atoms. The first-order valence-corrected chi connectivity index (χ1v) is 6.20. The van der Waals surface area contributed by atoms with Gasteiger partial charge in [-0.2, -0.15) is 0 Å². The van der Waals surface area contributed by atoms with E-state index < -0.39 is 0 Å². The van der Waals surface area contributed by atoms with Gasteiger partial charge < -0.3 is 10.5 Å². The number of alkyl halides is 1. The summed E-state index contributed by atoms with van der Waals surface area (Å²) in [7, 11) is 0. The Morgan fingerprint density at radius 3 is 2.36 bits per heavy atom. The van der Waals surface area contributed by atoms with Crippen LogP contribution in [0.1, 0.15) is 6.42 Å². The van der Waals surface area contributed by atoms with E-state index in [1.807, 2.05) is 12.1 Å². The van der Waals surface area contributed by atoms with Crippen LogP contribution in [0.2, 0.25) is 0 Å². The minimum atomic E-state index is 0.608. The monoisotopic (exact) mass is 341 g/mol. The van der Waals surface area contributed by atoms with Crippen molar-refractivity contribution in [2.24, 2.45) is 0 Å². The third kappa shape index (κ3) is 3.33. The molecule has 1 aromatic rings. The lowest BCUT2D eigenvalue weighted by molar-refractivity contribution is 0.318. The zero-order chi connectivity index (χ0) is 10.6. The van der Waals surface area contributed by atoms with E-state index in [4.69, 9.17) is 22.1 Å². The van der Waals surface area contributed by atoms with Crippen molar-refractivity contribution in [2.75, 3.05) is 18.2 Å². The van der Waals surface area contributed by atoms with Crippen LogP contribution in [-0.4, -0.2) is 12.5 Å². The van der Waals surface area contributed by atoms with Gasteiger partial charge in [-0.1, -0.05) is 0 Å². The second-order valence-electron chi connectivity index (χ2n) is 2.69. The summed E-state index contributed by atoms with van der Waals surface area (Å²) in [6.07, 6.45) is 0.834. The molecule has 0 saturated carbocycles. The minimum absolute atomic E-state index is 0.608. The van der Waals surface area contributed by atoms with Crippen molar-refractivity contribution < 1.29 is 4.74 Å². The van der Waals surface area contributed by atoms with Gasteiger partial charge in [0.2, 0.25) is 0 Å². The van der Waals surface area contributed by atoms with Gasteiger partial charge in [0.15, 0.2) is 0 Å². The minimum Gasteiger partial charge on any atom is -0.493 e. The van der Waals surface area contributed by atoms with Crippen LogP contribution in [0.5, 0.6) is 5.75 Å². The molecule has 0 saturated heterocycles. The molecule has 0 amide bonds. The van der Waals surface area contributed by atoms with E-state index in [0.717, 1.165) is 21.1 Å². The summed E-state index contributed by atoms with van der Waals surface area (Å²) in [5.41, 5.74) is 6.41. The lowest BCUT2D eigenvalue weighted by Gasteiger charge is -2.08. The molecule has 5 heteroatoms. The summed E-state index contributed by atoms with van der Waals surface area (Å²) in [5, 5.41) is 0. The van der Waals surface area contributed by atoms with E-state index in [1.165, 1.54) is 0 Å². The van der Waals surface area contributed by atoms with Gasteiger partial charge >= 0.3 is 0 Å². The quantitative estimate of drug-likeness (QED) is 0.513. The number of hydrogen-bond acceptors (Lipinski definition) is 2. The highest BCUT2D eigenvalue weighted by atomic mass is 79.9. The van der Waals surface area contributed by atoms with Crippen molar-refractivity contribution in [3.05, 3.63) is 21.1 Å². The van der Waals surface area contributed by atoms with Crippen LogP contribution >= 0.6 is 43.5 Å². The van der Waals surface area contributed by atoms with Crippen LogP contribution in [0.25, 0.3) is 0 Å². The number of hydrogen-bond donors (Lipinski definition) is 1. The molecule has 0 aliphatic heterocycles. The number of ether oxygens (including phenoxy) is 1. The third-order valence-corrected chi connectivity index (χ3v) is 3.18. The molecule has 0 bridgehead atoms. The fourth-order valence-electron chi connectivity index (χ4n) is 0.889. The van der Waals surface area contributed by atoms with E-state index in [-0.39, 0.29) is 0 Å². The molecule has 1 aromatic carbocycles. The molecule has 0 fully saturated rings. The van der Waals surface area contributed by atoms with Gasteiger partial charge in [0, 0.05) is 14.8 Å². The van der Waals surface area contributed by atoms with Crippen molar-refractivity contribution in [1.29, 1.82) is 0 Å². The van der Waals surface area contributed by atoms with Crippen molar-refractivity contribution in [2.45, 2.75) is 6.42 Å². The molecule has 1 rings (SSSR count). The molecule has 78 valence electrons. The third-order valence-electron chi connectivity index (χ3n) is 1.60. The molecular weight excluding hydrogens is 333 g/mol. The number of benzene rings is 1. The highest BCUT2D eigenvalue weighted by molar-refractivity contribution is 9.11. The summed E-state index contributed by atoms with van der Waals surface area (Å²) in [6.45, 7) is 0.617. The Balaban J connectivity index is 2.69. The van der Waals surface area contributed by atoms with Gasteiger partial charge in [-0.25, -0.2) is 0 Å². The number of halogens is 3. The molecule has 0 aliphatic rings. The first-order valence-electron chi connectivity index (χ1n) is 4.08. The lowest BCUT2D eigenvalue weighted by Crippen LogP contribution is -1.98. The normalized spacial score (nSPS) is 10.2. The second-order valence-corrected chi connectivity index (χ2v) is 4.78. The van der Waals surface area contributed by atoms with E-state index in [9.17, 15) is 0 Å². The first-order chi connectivity index (χ1) is 6.65. The molecule has 0 aromatic heterocycles. The van der Waals surface area contributed by atoms with Crippen molar-refractivity contribution in [3.63, 3.8) is 0 Å². The summed E-state index contributed by atoms with van der Waals surface area (Å²) in [5.74, 6) is 1.39. The predicted molar refractivity (Wildman–Crippen MR) is 67.1 cm³/mol. The first kappa shape index (κ1) is 12.1. The number of rotatable bonds is 4. The zero-order valence-electron chi connectivity index (χ0n) is 7.40. The van der Waals surface area contributed by atoms with Gasteiger partial charge in [0.1, 0.15) is 5.75 Å². The molecule has 0 aliphatic carbocycles. The summed E-state index contributed by atoms with van der Waals surface area (Å²) < 4.78 is 7.12. The Morgan fingerprint density at radius 1 is 1.29 bits per heavy atom. The average Bonchev–Trinajstić information content (AvgIpc) is 2.14. The smallest absolute Gasteiger partial charge is 0.121 e. The predicted octanol–water partition coefficient (Wildman–Crippen LogP) is 3.80. The molecule has 0 radical (unpaired) electrons. The molecule has 2 N–H and O–H groups in total. The van der Waals surface area contributed by atoms with Crippen LogP contribution in [0.3, 0.4) is 0 Å². The van der Waals surface area contributed by atoms with Gasteiger partial charge in [0.05, 0.1) is 12.3 Å². The van der Waals surface area contributed by atoms with Crippen LogP contribution in [0.4, 0.5) is 5.69 Å². The molecule has 0 heterocycles. The van der Waals surface area contributed by atoms with Gasteiger partial charge in [-0.3, -0.25) is 0 Å².